The van der Waals surface area contributed by atoms with Crippen LogP contribution in [0.1, 0.15) is 26.3 Å². The minimum Gasteiger partial charge on any atom is -0.543 e. The van der Waals surface area contributed by atoms with E-state index in [1.807, 2.05) is 0 Å². The summed E-state index contributed by atoms with van der Waals surface area (Å²) in [4.78, 5) is 0. The molecular weight excluding hydrogens is 390 g/mol. The molecule has 0 saturated heterocycles. The van der Waals surface area contributed by atoms with Crippen LogP contribution in [0.3, 0.4) is 0 Å². The van der Waals surface area contributed by atoms with Gasteiger partial charge in [-0.15, -0.1) is 0 Å². The Labute approximate surface area is 160 Å². The SMILES string of the molecule is CC(C)(C)[Si](C)(C)Oc1ccc(Br)c(Cn2cc3ccccc3c2)c1. The van der Waals surface area contributed by atoms with Crippen molar-refractivity contribution in [3.63, 3.8) is 0 Å². The van der Waals surface area contributed by atoms with Gasteiger partial charge in [-0.1, -0.05) is 61.0 Å². The quantitative estimate of drug-likeness (QED) is 0.425. The Bertz CT molecular complexity index is 859. The Morgan fingerprint density at radius 1 is 1.00 bits per heavy atom. The van der Waals surface area contributed by atoms with Crippen LogP contribution in [0, 0.1) is 0 Å². The lowest BCUT2D eigenvalue weighted by Gasteiger charge is -2.36. The molecule has 132 valence electrons. The second-order valence-electron chi connectivity index (χ2n) is 8.18. The molecule has 0 fully saturated rings. The zero-order valence-electron chi connectivity index (χ0n) is 15.6. The maximum atomic E-state index is 6.47. The number of fused-ring (bicyclic) bond motifs is 1. The molecule has 1 heterocycles. The van der Waals surface area contributed by atoms with Crippen LogP contribution in [0.2, 0.25) is 18.1 Å². The molecule has 3 aromatic rings. The summed E-state index contributed by atoms with van der Waals surface area (Å²) in [5, 5.41) is 2.73. The predicted molar refractivity (Wildman–Crippen MR) is 113 cm³/mol. The van der Waals surface area contributed by atoms with Gasteiger partial charge in [-0.05, 0) is 52.7 Å². The van der Waals surface area contributed by atoms with Gasteiger partial charge in [0.05, 0.1) is 0 Å². The lowest BCUT2D eigenvalue weighted by atomic mass is 10.2. The van der Waals surface area contributed by atoms with Crippen LogP contribution in [0.4, 0.5) is 0 Å². The summed E-state index contributed by atoms with van der Waals surface area (Å²) in [6.07, 6.45) is 4.40. The first-order chi connectivity index (χ1) is 11.7. The van der Waals surface area contributed by atoms with E-state index in [0.29, 0.717) is 0 Å². The fraction of sp³-hybridized carbons (Fsp3) is 0.333. The molecule has 0 spiro atoms. The molecule has 0 aliphatic rings. The summed E-state index contributed by atoms with van der Waals surface area (Å²) in [5.74, 6) is 0.974. The van der Waals surface area contributed by atoms with E-state index >= 15 is 0 Å². The summed E-state index contributed by atoms with van der Waals surface area (Å²) in [5.41, 5.74) is 1.23. The molecule has 0 aliphatic heterocycles. The van der Waals surface area contributed by atoms with Gasteiger partial charge in [0, 0.05) is 23.4 Å². The van der Waals surface area contributed by atoms with Crippen molar-refractivity contribution in [3.8, 4) is 5.75 Å². The highest BCUT2D eigenvalue weighted by atomic mass is 79.9. The number of benzene rings is 2. The van der Waals surface area contributed by atoms with Crippen molar-refractivity contribution in [3.05, 3.63) is 64.9 Å². The van der Waals surface area contributed by atoms with E-state index in [1.165, 1.54) is 16.3 Å². The largest absolute Gasteiger partial charge is 0.543 e. The van der Waals surface area contributed by atoms with Crippen molar-refractivity contribution in [2.75, 3.05) is 0 Å². The van der Waals surface area contributed by atoms with E-state index in [-0.39, 0.29) is 5.04 Å². The smallest absolute Gasteiger partial charge is 0.250 e. The third-order valence-corrected chi connectivity index (χ3v) is 10.3. The predicted octanol–water partition coefficient (Wildman–Crippen LogP) is 6.84. The third kappa shape index (κ3) is 4.01. The maximum Gasteiger partial charge on any atom is 0.250 e. The molecule has 3 rings (SSSR count). The summed E-state index contributed by atoms with van der Waals surface area (Å²) >= 11 is 3.69. The first kappa shape index (κ1) is 18.3. The van der Waals surface area contributed by atoms with Crippen molar-refractivity contribution in [2.24, 2.45) is 0 Å². The first-order valence-electron chi connectivity index (χ1n) is 8.68. The Hall–Kier alpha value is -1.52. The van der Waals surface area contributed by atoms with Gasteiger partial charge in [0.2, 0.25) is 8.32 Å². The molecule has 0 aliphatic carbocycles. The molecule has 0 saturated carbocycles. The second kappa shape index (κ2) is 6.65. The van der Waals surface area contributed by atoms with Crippen LogP contribution < -0.4 is 4.43 Å². The molecule has 2 nitrogen and oxygen atoms in total. The Balaban J connectivity index is 1.87. The molecular formula is C21H26BrNOSi. The fourth-order valence-electron chi connectivity index (χ4n) is 2.61. The van der Waals surface area contributed by atoms with E-state index in [0.717, 1.165) is 16.8 Å². The van der Waals surface area contributed by atoms with Crippen molar-refractivity contribution >= 4 is 35.0 Å². The molecule has 0 unspecified atom stereocenters. The Morgan fingerprint density at radius 3 is 2.16 bits per heavy atom. The van der Waals surface area contributed by atoms with Crippen LogP contribution in [-0.2, 0) is 6.54 Å². The number of nitrogens with zero attached hydrogens (tertiary/aromatic N) is 1. The molecule has 0 atom stereocenters. The van der Waals surface area contributed by atoms with Gasteiger partial charge in [-0.3, -0.25) is 0 Å². The van der Waals surface area contributed by atoms with Crippen molar-refractivity contribution < 1.29 is 4.43 Å². The highest BCUT2D eigenvalue weighted by Crippen LogP contribution is 2.38. The van der Waals surface area contributed by atoms with E-state index in [1.54, 1.807) is 0 Å². The second-order valence-corrected chi connectivity index (χ2v) is 13.8. The van der Waals surface area contributed by atoms with Crippen LogP contribution in [-0.4, -0.2) is 12.9 Å². The van der Waals surface area contributed by atoms with Gasteiger partial charge in [-0.25, -0.2) is 0 Å². The monoisotopic (exact) mass is 415 g/mol. The molecule has 0 bridgehead atoms. The molecule has 0 N–H and O–H groups in total. The molecule has 0 radical (unpaired) electrons. The van der Waals surface area contributed by atoms with Crippen molar-refractivity contribution in [1.29, 1.82) is 0 Å². The topological polar surface area (TPSA) is 14.2 Å². The fourth-order valence-corrected chi connectivity index (χ4v) is 4.01. The van der Waals surface area contributed by atoms with Crippen LogP contribution >= 0.6 is 15.9 Å². The van der Waals surface area contributed by atoms with Crippen molar-refractivity contribution in [2.45, 2.75) is 45.4 Å². The lowest BCUT2D eigenvalue weighted by Crippen LogP contribution is -2.43. The van der Waals surface area contributed by atoms with Gasteiger partial charge in [0.1, 0.15) is 5.75 Å². The van der Waals surface area contributed by atoms with E-state index in [9.17, 15) is 0 Å². The molecule has 0 amide bonds. The summed E-state index contributed by atoms with van der Waals surface area (Å²) in [7, 11) is -1.83. The molecule has 4 heteroatoms. The number of hydrogen-bond donors (Lipinski definition) is 0. The van der Waals surface area contributed by atoms with Gasteiger partial charge in [0.25, 0.3) is 0 Å². The van der Waals surface area contributed by atoms with Crippen LogP contribution in [0.25, 0.3) is 10.8 Å². The molecule has 1 aromatic heterocycles. The Morgan fingerprint density at radius 2 is 1.60 bits per heavy atom. The van der Waals surface area contributed by atoms with E-state index < -0.39 is 8.32 Å². The highest BCUT2D eigenvalue weighted by molar-refractivity contribution is 9.10. The van der Waals surface area contributed by atoms with Gasteiger partial charge < -0.3 is 8.99 Å². The van der Waals surface area contributed by atoms with Crippen LogP contribution in [0.15, 0.2) is 59.3 Å². The Kier molecular flexibility index (Phi) is 4.86. The average molecular weight is 416 g/mol. The minimum atomic E-state index is -1.83. The van der Waals surface area contributed by atoms with E-state index in [2.05, 4.69) is 109 Å². The van der Waals surface area contributed by atoms with Gasteiger partial charge in [-0.2, -0.15) is 0 Å². The summed E-state index contributed by atoms with van der Waals surface area (Å²) < 4.78 is 9.82. The highest BCUT2D eigenvalue weighted by Gasteiger charge is 2.39. The average Bonchev–Trinajstić information content (AvgIpc) is 2.91. The minimum absolute atomic E-state index is 0.193. The van der Waals surface area contributed by atoms with Gasteiger partial charge >= 0.3 is 0 Å². The zero-order valence-corrected chi connectivity index (χ0v) is 18.2. The number of hydrogen-bond acceptors (Lipinski definition) is 1. The zero-order chi connectivity index (χ0) is 18.2. The van der Waals surface area contributed by atoms with Gasteiger partial charge in [0.15, 0.2) is 0 Å². The normalized spacial score (nSPS) is 12.6. The third-order valence-electron chi connectivity index (χ3n) is 5.16. The standard InChI is InChI=1S/C21H26BrNOSi/c1-21(2,3)25(4,5)24-19-10-11-20(22)18(12-19)15-23-13-16-8-6-7-9-17(16)14-23/h6-14H,15H2,1-5H3. The van der Waals surface area contributed by atoms with E-state index in [4.69, 9.17) is 4.43 Å². The number of rotatable bonds is 4. The van der Waals surface area contributed by atoms with Crippen molar-refractivity contribution in [1.82, 2.24) is 4.57 Å². The molecule has 25 heavy (non-hydrogen) atoms. The first-order valence-corrected chi connectivity index (χ1v) is 12.4. The summed E-state index contributed by atoms with van der Waals surface area (Å²) in [6, 6.07) is 14.8. The van der Waals surface area contributed by atoms with Crippen LogP contribution in [0.5, 0.6) is 5.75 Å². The number of halogens is 1. The molecule has 2 aromatic carbocycles. The number of aromatic nitrogens is 1. The summed E-state index contributed by atoms with van der Waals surface area (Å²) in [6.45, 7) is 12.2. The lowest BCUT2D eigenvalue weighted by molar-refractivity contribution is 0.491. The maximum absolute atomic E-state index is 6.47.